The molecule has 0 aliphatic heterocycles. The van der Waals surface area contributed by atoms with Crippen molar-refractivity contribution in [3.63, 3.8) is 0 Å². The maximum absolute atomic E-state index is 11.9. The number of aliphatic hydroxyl groups excluding tert-OH is 1. The highest BCUT2D eigenvalue weighted by molar-refractivity contribution is 7.99. The van der Waals surface area contributed by atoms with Gasteiger partial charge in [-0.1, -0.05) is 0 Å². The van der Waals surface area contributed by atoms with Gasteiger partial charge in [-0.2, -0.15) is 0 Å². The first-order valence-corrected chi connectivity index (χ1v) is 7.76. The van der Waals surface area contributed by atoms with Gasteiger partial charge in [-0.25, -0.2) is 4.98 Å². The molecule has 0 aromatic carbocycles. The van der Waals surface area contributed by atoms with Crippen LogP contribution in [0.15, 0.2) is 10.9 Å². The fourth-order valence-corrected chi connectivity index (χ4v) is 3.11. The fourth-order valence-electron chi connectivity index (χ4n) is 1.64. The zero-order valence-corrected chi connectivity index (χ0v) is 11.2. The molecule has 0 saturated heterocycles. The van der Waals surface area contributed by atoms with Gasteiger partial charge in [-0.15, -0.1) is 23.1 Å². The molecule has 1 heterocycles. The molecule has 1 aromatic rings. The quantitative estimate of drug-likeness (QED) is 0.814. The van der Waals surface area contributed by atoms with Crippen LogP contribution in [0.4, 0.5) is 0 Å². The van der Waals surface area contributed by atoms with Gasteiger partial charge < -0.3 is 10.0 Å². The normalized spacial score (nSPS) is 14.9. The Hall–Kier alpha value is -0.590. The van der Waals surface area contributed by atoms with Crippen LogP contribution in [0.3, 0.4) is 0 Å². The lowest BCUT2D eigenvalue weighted by molar-refractivity contribution is -0.129. The highest BCUT2D eigenvalue weighted by atomic mass is 32.2. The zero-order valence-electron chi connectivity index (χ0n) is 9.54. The molecule has 1 aliphatic carbocycles. The van der Waals surface area contributed by atoms with E-state index >= 15 is 0 Å². The van der Waals surface area contributed by atoms with Crippen molar-refractivity contribution in [2.75, 3.05) is 18.9 Å². The molecule has 94 valence electrons. The number of rotatable bonds is 7. The van der Waals surface area contributed by atoms with Gasteiger partial charge in [0.1, 0.15) is 0 Å². The Morgan fingerprint density at radius 3 is 3.06 bits per heavy atom. The topological polar surface area (TPSA) is 53.4 Å². The van der Waals surface area contributed by atoms with Gasteiger partial charge in [0.05, 0.1) is 23.6 Å². The minimum absolute atomic E-state index is 0.0546. The Morgan fingerprint density at radius 1 is 1.65 bits per heavy atom. The van der Waals surface area contributed by atoms with Crippen LogP contribution in [-0.2, 0) is 10.5 Å². The SMILES string of the molecule is O=C(CSCc1cscn1)N(CCO)C1CC1. The van der Waals surface area contributed by atoms with Crippen LogP contribution in [0.25, 0.3) is 0 Å². The summed E-state index contributed by atoms with van der Waals surface area (Å²) in [4.78, 5) is 17.9. The van der Waals surface area contributed by atoms with Gasteiger partial charge in [-0.3, -0.25) is 4.79 Å². The average Bonchev–Trinajstić information content (AvgIpc) is 3.03. The van der Waals surface area contributed by atoms with Crippen molar-refractivity contribution in [3.8, 4) is 0 Å². The summed E-state index contributed by atoms with van der Waals surface area (Å²) >= 11 is 3.16. The molecule has 0 unspecified atom stereocenters. The summed E-state index contributed by atoms with van der Waals surface area (Å²) < 4.78 is 0. The third-order valence-electron chi connectivity index (χ3n) is 2.61. The lowest BCUT2D eigenvalue weighted by atomic mass is 10.4. The van der Waals surface area contributed by atoms with Gasteiger partial charge in [-0.05, 0) is 12.8 Å². The third kappa shape index (κ3) is 3.97. The Balaban J connectivity index is 1.71. The maximum atomic E-state index is 11.9. The maximum Gasteiger partial charge on any atom is 0.232 e. The van der Waals surface area contributed by atoms with Crippen molar-refractivity contribution in [1.29, 1.82) is 0 Å². The molecular formula is C11H16N2O2S2. The summed E-state index contributed by atoms with van der Waals surface area (Å²) in [5, 5.41) is 10.9. The standard InChI is InChI=1S/C11H16N2O2S2/c14-4-3-13(10-1-2-10)11(15)7-16-5-9-6-17-8-12-9/h6,8,10,14H,1-5,7H2. The average molecular weight is 272 g/mol. The number of carbonyl (C=O) groups excluding carboxylic acids is 1. The highest BCUT2D eigenvalue weighted by Crippen LogP contribution is 2.27. The summed E-state index contributed by atoms with van der Waals surface area (Å²) in [7, 11) is 0. The van der Waals surface area contributed by atoms with E-state index in [9.17, 15) is 4.79 Å². The molecule has 2 rings (SSSR count). The van der Waals surface area contributed by atoms with E-state index in [2.05, 4.69) is 4.98 Å². The first kappa shape index (κ1) is 12.9. The largest absolute Gasteiger partial charge is 0.395 e. The Bertz CT molecular complexity index is 352. The molecule has 1 fully saturated rings. The van der Waals surface area contributed by atoms with Crippen molar-refractivity contribution < 1.29 is 9.90 Å². The first-order valence-electron chi connectivity index (χ1n) is 5.66. The zero-order chi connectivity index (χ0) is 12.1. The van der Waals surface area contributed by atoms with Crippen molar-refractivity contribution in [1.82, 2.24) is 9.88 Å². The monoisotopic (exact) mass is 272 g/mol. The lowest BCUT2D eigenvalue weighted by Crippen LogP contribution is -2.36. The van der Waals surface area contributed by atoms with Crippen LogP contribution in [0.1, 0.15) is 18.5 Å². The first-order chi connectivity index (χ1) is 8.31. The number of thioether (sulfide) groups is 1. The van der Waals surface area contributed by atoms with E-state index < -0.39 is 0 Å². The Labute approximate surface area is 109 Å². The van der Waals surface area contributed by atoms with Crippen LogP contribution in [-0.4, -0.2) is 45.8 Å². The Kier molecular flexibility index (Phi) is 4.82. The second-order valence-electron chi connectivity index (χ2n) is 4.01. The molecule has 1 aliphatic rings. The molecule has 6 heteroatoms. The molecule has 4 nitrogen and oxygen atoms in total. The van der Waals surface area contributed by atoms with Gasteiger partial charge in [0, 0.05) is 23.7 Å². The van der Waals surface area contributed by atoms with Gasteiger partial charge in [0.25, 0.3) is 0 Å². The molecule has 0 radical (unpaired) electrons. The smallest absolute Gasteiger partial charge is 0.232 e. The Morgan fingerprint density at radius 2 is 2.47 bits per heavy atom. The number of aliphatic hydroxyl groups is 1. The molecule has 1 aromatic heterocycles. The second kappa shape index (κ2) is 6.37. The van der Waals surface area contributed by atoms with Crippen LogP contribution >= 0.6 is 23.1 Å². The van der Waals surface area contributed by atoms with E-state index in [1.54, 1.807) is 28.6 Å². The van der Waals surface area contributed by atoms with Crippen molar-refractivity contribution in [2.45, 2.75) is 24.6 Å². The molecule has 0 bridgehead atoms. The summed E-state index contributed by atoms with van der Waals surface area (Å²) in [6.45, 7) is 0.528. The van der Waals surface area contributed by atoms with Crippen LogP contribution < -0.4 is 0 Å². The molecule has 1 N–H and O–H groups in total. The molecule has 1 saturated carbocycles. The number of hydrogen-bond donors (Lipinski definition) is 1. The van der Waals surface area contributed by atoms with E-state index in [4.69, 9.17) is 5.11 Å². The predicted octanol–water partition coefficient (Wildman–Crippen LogP) is 1.36. The second-order valence-corrected chi connectivity index (χ2v) is 5.72. The van der Waals surface area contributed by atoms with Crippen LogP contribution in [0.5, 0.6) is 0 Å². The predicted molar refractivity (Wildman–Crippen MR) is 70.1 cm³/mol. The third-order valence-corrected chi connectivity index (χ3v) is 4.19. The van der Waals surface area contributed by atoms with Gasteiger partial charge in [0.2, 0.25) is 5.91 Å². The van der Waals surface area contributed by atoms with Crippen molar-refractivity contribution >= 4 is 29.0 Å². The van der Waals surface area contributed by atoms with E-state index in [1.807, 2.05) is 10.3 Å². The van der Waals surface area contributed by atoms with Crippen LogP contribution in [0, 0.1) is 0 Å². The molecule has 0 spiro atoms. The number of amides is 1. The number of nitrogens with zero attached hydrogens (tertiary/aromatic N) is 2. The van der Waals surface area contributed by atoms with Crippen LogP contribution in [0.2, 0.25) is 0 Å². The molecular weight excluding hydrogens is 256 g/mol. The van der Waals surface area contributed by atoms with Gasteiger partial charge >= 0.3 is 0 Å². The fraction of sp³-hybridized carbons (Fsp3) is 0.636. The number of aromatic nitrogens is 1. The van der Waals surface area contributed by atoms with E-state index in [0.29, 0.717) is 18.3 Å². The van der Waals surface area contributed by atoms with E-state index in [1.165, 1.54) is 0 Å². The van der Waals surface area contributed by atoms with Gasteiger partial charge in [0.15, 0.2) is 0 Å². The summed E-state index contributed by atoms with van der Waals surface area (Å²) in [6.07, 6.45) is 2.17. The number of thiazole rings is 1. The summed E-state index contributed by atoms with van der Waals surface area (Å²) in [6, 6.07) is 0.384. The van der Waals surface area contributed by atoms with E-state index in [0.717, 1.165) is 24.3 Å². The lowest BCUT2D eigenvalue weighted by Gasteiger charge is -2.20. The van der Waals surface area contributed by atoms with E-state index in [-0.39, 0.29) is 12.5 Å². The molecule has 17 heavy (non-hydrogen) atoms. The number of hydrogen-bond acceptors (Lipinski definition) is 5. The van der Waals surface area contributed by atoms with Crippen molar-refractivity contribution in [3.05, 3.63) is 16.6 Å². The summed E-state index contributed by atoms with van der Waals surface area (Å²) in [5.74, 6) is 1.41. The minimum atomic E-state index is 0.0546. The van der Waals surface area contributed by atoms with Crippen molar-refractivity contribution in [2.24, 2.45) is 0 Å². The molecule has 0 atom stereocenters. The minimum Gasteiger partial charge on any atom is -0.395 e. The highest BCUT2D eigenvalue weighted by Gasteiger charge is 2.31. The number of carbonyl (C=O) groups is 1. The molecule has 1 amide bonds. The summed E-state index contributed by atoms with van der Waals surface area (Å²) in [5.41, 5.74) is 2.84.